The predicted molar refractivity (Wildman–Crippen MR) is 119 cm³/mol. The predicted octanol–water partition coefficient (Wildman–Crippen LogP) is 3.95. The number of hydrogen-bond donors (Lipinski definition) is 3. The maximum atomic E-state index is 12.9. The molecule has 166 valence electrons. The molecule has 2 aromatic carbocycles. The van der Waals surface area contributed by atoms with Gasteiger partial charge in [0.1, 0.15) is 0 Å². The lowest BCUT2D eigenvalue weighted by Crippen LogP contribution is -2.38. The normalized spacial score (nSPS) is 12.7. The fraction of sp³-hybridized carbons (Fsp3) is 0.348. The van der Waals surface area contributed by atoms with Crippen molar-refractivity contribution in [1.82, 2.24) is 10.6 Å². The average molecular weight is 446 g/mol. The zero-order chi connectivity index (χ0) is 23.0. The number of ether oxygens (including phenoxy) is 1. The second-order valence-corrected chi connectivity index (χ2v) is 7.91. The van der Waals surface area contributed by atoms with E-state index in [-0.39, 0.29) is 24.9 Å². The van der Waals surface area contributed by atoms with Crippen molar-refractivity contribution in [1.29, 1.82) is 0 Å². The van der Waals surface area contributed by atoms with Gasteiger partial charge in [-0.3, -0.25) is 9.59 Å². The molecule has 2 aromatic rings. The van der Waals surface area contributed by atoms with Crippen molar-refractivity contribution in [3.05, 3.63) is 70.2 Å². The molecule has 0 radical (unpaired) electrons. The van der Waals surface area contributed by atoms with Crippen LogP contribution >= 0.6 is 11.6 Å². The van der Waals surface area contributed by atoms with Gasteiger partial charge in [-0.2, -0.15) is 0 Å². The summed E-state index contributed by atoms with van der Waals surface area (Å²) in [6.45, 7) is 5.39. The fourth-order valence-electron chi connectivity index (χ4n) is 3.30. The third-order valence-corrected chi connectivity index (χ3v) is 4.97. The smallest absolute Gasteiger partial charge is 0.312 e. The Morgan fingerprint density at radius 3 is 2.10 bits per heavy atom. The van der Waals surface area contributed by atoms with Crippen molar-refractivity contribution >= 4 is 29.5 Å². The number of nitrogens with one attached hydrogen (secondary N) is 2. The minimum absolute atomic E-state index is 0.0615. The Labute approximate surface area is 187 Å². The summed E-state index contributed by atoms with van der Waals surface area (Å²) in [4.78, 5) is 36.7. The third-order valence-electron chi connectivity index (χ3n) is 4.62. The van der Waals surface area contributed by atoms with Gasteiger partial charge in [-0.05, 0) is 43.5 Å². The molecule has 8 heteroatoms. The van der Waals surface area contributed by atoms with Gasteiger partial charge >= 0.3 is 12.0 Å². The Bertz CT molecular complexity index is 933. The first kappa shape index (κ1) is 24.2. The highest BCUT2D eigenvalue weighted by Gasteiger charge is 2.25. The molecule has 0 saturated heterocycles. The molecule has 4 N–H and O–H groups in total. The van der Waals surface area contributed by atoms with Crippen LogP contribution in [0.15, 0.2) is 48.5 Å². The molecule has 0 heterocycles. The van der Waals surface area contributed by atoms with E-state index in [1.807, 2.05) is 31.2 Å². The molecule has 0 unspecified atom stereocenters. The summed E-state index contributed by atoms with van der Waals surface area (Å²) in [6, 6.07) is 12.4. The van der Waals surface area contributed by atoms with E-state index in [9.17, 15) is 14.4 Å². The molecule has 31 heavy (non-hydrogen) atoms. The number of carbonyl (C=O) groups excluding carboxylic acids is 3. The molecule has 0 bridgehead atoms. The van der Waals surface area contributed by atoms with Crippen LogP contribution in [-0.2, 0) is 14.3 Å². The summed E-state index contributed by atoms with van der Waals surface area (Å²) in [5.74, 6) is -0.824. The summed E-state index contributed by atoms with van der Waals surface area (Å²) < 4.78 is 5.24. The molecule has 2 rings (SSSR count). The lowest BCUT2D eigenvalue weighted by Gasteiger charge is -2.23. The van der Waals surface area contributed by atoms with Gasteiger partial charge in [-0.1, -0.05) is 54.1 Å². The Kier molecular flexibility index (Phi) is 8.88. The number of nitrogens with two attached hydrogens (primary N) is 1. The third kappa shape index (κ3) is 7.61. The highest BCUT2D eigenvalue weighted by molar-refractivity contribution is 6.31. The fourth-order valence-corrected chi connectivity index (χ4v) is 3.57. The zero-order valence-electron chi connectivity index (χ0n) is 17.9. The number of hydrogen-bond acceptors (Lipinski definition) is 4. The van der Waals surface area contributed by atoms with Gasteiger partial charge in [0, 0.05) is 5.02 Å². The van der Waals surface area contributed by atoms with Crippen LogP contribution in [-0.4, -0.2) is 24.0 Å². The van der Waals surface area contributed by atoms with Crippen LogP contribution in [0.1, 0.15) is 55.5 Å². The van der Waals surface area contributed by atoms with E-state index in [0.717, 1.165) is 11.1 Å². The van der Waals surface area contributed by atoms with Crippen molar-refractivity contribution in [3.63, 3.8) is 0 Å². The van der Waals surface area contributed by atoms with Crippen LogP contribution in [0.25, 0.3) is 0 Å². The molecular formula is C23H28ClN3O4. The first-order chi connectivity index (χ1) is 14.7. The number of primary amides is 1. The topological polar surface area (TPSA) is 111 Å². The van der Waals surface area contributed by atoms with Crippen LogP contribution in [0.2, 0.25) is 5.02 Å². The minimum atomic E-state index is -0.732. The van der Waals surface area contributed by atoms with E-state index in [1.165, 1.54) is 0 Å². The van der Waals surface area contributed by atoms with Crippen molar-refractivity contribution < 1.29 is 19.1 Å². The van der Waals surface area contributed by atoms with E-state index in [2.05, 4.69) is 10.6 Å². The second-order valence-electron chi connectivity index (χ2n) is 7.51. The Morgan fingerprint density at radius 2 is 1.52 bits per heavy atom. The summed E-state index contributed by atoms with van der Waals surface area (Å²) in [6.07, 6.45) is -0.416. The standard InChI is InChI=1S/C23H28ClN3O4/c1-14(2)31-22(29)13-20(17-10-6-7-11-18(17)24)26-21(28)12-19(27-23(25)30)16-9-5-4-8-15(16)3/h4-11,14,19-20H,12-13H2,1-3H3,(H,26,28)(H3,25,27,30)/t19-,20-/m0/s1. The Morgan fingerprint density at radius 1 is 0.935 bits per heavy atom. The largest absolute Gasteiger partial charge is 0.463 e. The maximum Gasteiger partial charge on any atom is 0.312 e. The second kappa shape index (κ2) is 11.4. The van der Waals surface area contributed by atoms with E-state index in [0.29, 0.717) is 10.6 Å². The summed E-state index contributed by atoms with van der Waals surface area (Å²) in [5, 5.41) is 5.90. The van der Waals surface area contributed by atoms with Gasteiger partial charge in [0.25, 0.3) is 0 Å². The van der Waals surface area contributed by atoms with Crippen molar-refractivity contribution in [2.75, 3.05) is 0 Å². The van der Waals surface area contributed by atoms with Gasteiger partial charge in [-0.25, -0.2) is 4.79 Å². The van der Waals surface area contributed by atoms with Crippen LogP contribution < -0.4 is 16.4 Å². The molecule has 0 fully saturated rings. The summed E-state index contributed by atoms with van der Waals surface area (Å²) >= 11 is 6.31. The first-order valence-electron chi connectivity index (χ1n) is 10.0. The zero-order valence-corrected chi connectivity index (χ0v) is 18.6. The van der Waals surface area contributed by atoms with E-state index in [4.69, 9.17) is 22.1 Å². The average Bonchev–Trinajstić information content (AvgIpc) is 2.66. The number of benzene rings is 2. The molecule has 0 saturated carbocycles. The molecule has 0 spiro atoms. The molecule has 3 amide bonds. The molecule has 7 nitrogen and oxygen atoms in total. The number of carbonyl (C=O) groups is 3. The van der Waals surface area contributed by atoms with Crippen LogP contribution in [0.4, 0.5) is 4.79 Å². The molecule has 0 aliphatic heterocycles. The maximum absolute atomic E-state index is 12.9. The molecule has 0 aliphatic rings. The number of amides is 3. The van der Waals surface area contributed by atoms with Gasteiger partial charge in [-0.15, -0.1) is 0 Å². The van der Waals surface area contributed by atoms with Gasteiger partial charge in [0.2, 0.25) is 5.91 Å². The number of aryl methyl sites for hydroxylation is 1. The number of rotatable bonds is 9. The highest BCUT2D eigenvalue weighted by atomic mass is 35.5. The van der Waals surface area contributed by atoms with E-state index < -0.39 is 24.1 Å². The summed E-state index contributed by atoms with van der Waals surface area (Å²) in [7, 11) is 0. The highest BCUT2D eigenvalue weighted by Crippen LogP contribution is 2.27. The van der Waals surface area contributed by atoms with Crippen molar-refractivity contribution in [3.8, 4) is 0 Å². The summed E-state index contributed by atoms with van der Waals surface area (Å²) in [5.41, 5.74) is 7.62. The number of esters is 1. The van der Waals surface area contributed by atoms with Crippen molar-refractivity contribution in [2.45, 2.75) is 51.8 Å². The lowest BCUT2D eigenvalue weighted by molar-refractivity contribution is -0.148. The van der Waals surface area contributed by atoms with Gasteiger partial charge in [0.15, 0.2) is 0 Å². The Hall–Kier alpha value is -3.06. The quantitative estimate of drug-likeness (QED) is 0.507. The van der Waals surface area contributed by atoms with Crippen LogP contribution in [0, 0.1) is 6.92 Å². The van der Waals surface area contributed by atoms with Crippen LogP contribution in [0.5, 0.6) is 0 Å². The van der Waals surface area contributed by atoms with Gasteiger partial charge < -0.3 is 21.1 Å². The minimum Gasteiger partial charge on any atom is -0.463 e. The number of halogens is 1. The Balaban J connectivity index is 2.22. The molecular weight excluding hydrogens is 418 g/mol. The molecule has 0 aromatic heterocycles. The first-order valence-corrected chi connectivity index (χ1v) is 10.4. The monoisotopic (exact) mass is 445 g/mol. The van der Waals surface area contributed by atoms with E-state index in [1.54, 1.807) is 38.1 Å². The molecule has 2 atom stereocenters. The van der Waals surface area contributed by atoms with Crippen molar-refractivity contribution in [2.24, 2.45) is 5.73 Å². The molecule has 0 aliphatic carbocycles. The number of urea groups is 1. The van der Waals surface area contributed by atoms with Gasteiger partial charge in [0.05, 0.1) is 31.0 Å². The SMILES string of the molecule is Cc1ccccc1[C@H](CC(=O)N[C@@H](CC(=O)OC(C)C)c1ccccc1Cl)NC(N)=O. The van der Waals surface area contributed by atoms with Crippen LogP contribution in [0.3, 0.4) is 0 Å². The lowest BCUT2D eigenvalue weighted by atomic mass is 9.97. The van der Waals surface area contributed by atoms with E-state index >= 15 is 0 Å².